The molecule has 1 aromatic rings. The van der Waals surface area contributed by atoms with Crippen molar-refractivity contribution in [1.82, 2.24) is 10.6 Å². The topological polar surface area (TPSA) is 50.4 Å². The minimum atomic E-state index is -0.0613. The largest absolute Gasteiger partial charge is 0.483 e. The molecule has 0 spiro atoms. The lowest BCUT2D eigenvalue weighted by atomic mass is 10.1. The lowest BCUT2D eigenvalue weighted by molar-refractivity contribution is -0.123. The van der Waals surface area contributed by atoms with Crippen LogP contribution in [0.25, 0.3) is 0 Å². The van der Waals surface area contributed by atoms with E-state index in [0.29, 0.717) is 12.5 Å². The third kappa shape index (κ3) is 6.17. The van der Waals surface area contributed by atoms with Gasteiger partial charge < -0.3 is 15.4 Å². The van der Waals surface area contributed by atoms with Crippen LogP contribution in [0.2, 0.25) is 0 Å². The zero-order valence-electron chi connectivity index (χ0n) is 13.9. The van der Waals surface area contributed by atoms with Crippen LogP contribution in [0.15, 0.2) is 12.1 Å². The number of carbonyl (C=O) groups excluding carboxylic acids is 1. The van der Waals surface area contributed by atoms with Crippen LogP contribution >= 0.6 is 0 Å². The summed E-state index contributed by atoms with van der Waals surface area (Å²) in [4.78, 5) is 11.7. The van der Waals surface area contributed by atoms with E-state index in [1.54, 1.807) is 0 Å². The number of aryl methyl sites for hydroxylation is 2. The number of carbonyl (C=O) groups is 1. The van der Waals surface area contributed by atoms with Crippen LogP contribution in [0.4, 0.5) is 0 Å². The Morgan fingerprint density at radius 3 is 2.38 bits per heavy atom. The van der Waals surface area contributed by atoms with E-state index in [1.807, 2.05) is 20.9 Å². The molecule has 0 aliphatic heterocycles. The summed E-state index contributed by atoms with van der Waals surface area (Å²) in [6.45, 7) is 9.92. The Kier molecular flexibility index (Phi) is 7.23. The maximum Gasteiger partial charge on any atom is 0.257 e. The molecule has 118 valence electrons. The lowest BCUT2D eigenvalue weighted by Crippen LogP contribution is -2.30. The van der Waals surface area contributed by atoms with E-state index >= 15 is 0 Å². The van der Waals surface area contributed by atoms with Gasteiger partial charge in [0, 0.05) is 13.1 Å². The number of hydrogen-bond acceptors (Lipinski definition) is 3. The minimum absolute atomic E-state index is 0.0613. The van der Waals surface area contributed by atoms with Gasteiger partial charge in [-0.3, -0.25) is 4.79 Å². The van der Waals surface area contributed by atoms with Crippen LogP contribution in [0.3, 0.4) is 0 Å². The number of ether oxygens (including phenoxy) is 1. The molecule has 0 saturated carbocycles. The number of benzene rings is 1. The monoisotopic (exact) mass is 292 g/mol. The van der Waals surface area contributed by atoms with Crippen molar-refractivity contribution in [3.63, 3.8) is 0 Å². The lowest BCUT2D eigenvalue weighted by Gasteiger charge is -2.14. The summed E-state index contributed by atoms with van der Waals surface area (Å²) in [6, 6.07) is 4.19. The van der Waals surface area contributed by atoms with Gasteiger partial charge in [0.1, 0.15) is 5.75 Å². The second-order valence-electron chi connectivity index (χ2n) is 5.91. The zero-order chi connectivity index (χ0) is 15.8. The summed E-state index contributed by atoms with van der Waals surface area (Å²) in [6.07, 6.45) is 0.989. The fourth-order valence-electron chi connectivity index (χ4n) is 2.26. The fourth-order valence-corrected chi connectivity index (χ4v) is 2.26. The SMILES string of the molecule is CNCc1cc(C)c(OCC(=O)NCCC(C)C)c(C)c1. The zero-order valence-corrected chi connectivity index (χ0v) is 13.9. The van der Waals surface area contributed by atoms with Crippen LogP contribution in [0, 0.1) is 19.8 Å². The Bertz CT molecular complexity index is 447. The molecule has 4 heteroatoms. The highest BCUT2D eigenvalue weighted by Gasteiger charge is 2.09. The predicted molar refractivity (Wildman–Crippen MR) is 86.6 cm³/mol. The van der Waals surface area contributed by atoms with Crippen LogP contribution in [-0.2, 0) is 11.3 Å². The Morgan fingerprint density at radius 2 is 1.86 bits per heavy atom. The van der Waals surface area contributed by atoms with Crippen molar-refractivity contribution in [2.75, 3.05) is 20.2 Å². The van der Waals surface area contributed by atoms with E-state index in [-0.39, 0.29) is 12.5 Å². The average molecular weight is 292 g/mol. The third-order valence-electron chi connectivity index (χ3n) is 3.29. The van der Waals surface area contributed by atoms with Gasteiger partial charge in [-0.15, -0.1) is 0 Å². The van der Waals surface area contributed by atoms with Gasteiger partial charge >= 0.3 is 0 Å². The van der Waals surface area contributed by atoms with Gasteiger partial charge in [0.05, 0.1) is 0 Å². The van der Waals surface area contributed by atoms with Crippen molar-refractivity contribution in [1.29, 1.82) is 0 Å². The van der Waals surface area contributed by atoms with Crippen LogP contribution in [-0.4, -0.2) is 26.1 Å². The van der Waals surface area contributed by atoms with Crippen molar-refractivity contribution in [3.8, 4) is 5.75 Å². The molecule has 0 bridgehead atoms. The molecule has 1 amide bonds. The molecule has 4 nitrogen and oxygen atoms in total. The highest BCUT2D eigenvalue weighted by molar-refractivity contribution is 5.77. The molecule has 21 heavy (non-hydrogen) atoms. The molecule has 2 N–H and O–H groups in total. The van der Waals surface area contributed by atoms with E-state index in [9.17, 15) is 4.79 Å². The van der Waals surface area contributed by atoms with Gasteiger partial charge in [0.25, 0.3) is 5.91 Å². The second kappa shape index (κ2) is 8.67. The van der Waals surface area contributed by atoms with Gasteiger partial charge in [-0.2, -0.15) is 0 Å². The minimum Gasteiger partial charge on any atom is -0.483 e. The van der Waals surface area contributed by atoms with Gasteiger partial charge in [0.15, 0.2) is 6.61 Å². The summed E-state index contributed by atoms with van der Waals surface area (Å²) < 4.78 is 5.69. The van der Waals surface area contributed by atoms with Crippen molar-refractivity contribution in [2.45, 2.75) is 40.7 Å². The summed E-state index contributed by atoms with van der Waals surface area (Å²) in [5, 5.41) is 6.02. The molecule has 1 aromatic carbocycles. The standard InChI is InChI=1S/C17H28N2O2/c1-12(2)6-7-19-16(20)11-21-17-13(3)8-15(10-18-5)9-14(17)4/h8-9,12,18H,6-7,10-11H2,1-5H3,(H,19,20). The summed E-state index contributed by atoms with van der Waals surface area (Å²) in [5.74, 6) is 1.35. The van der Waals surface area contributed by atoms with Crippen molar-refractivity contribution < 1.29 is 9.53 Å². The van der Waals surface area contributed by atoms with Crippen LogP contribution < -0.4 is 15.4 Å². The second-order valence-corrected chi connectivity index (χ2v) is 5.91. The molecule has 0 aliphatic carbocycles. The fraction of sp³-hybridized carbons (Fsp3) is 0.588. The Hall–Kier alpha value is -1.55. The van der Waals surface area contributed by atoms with Crippen molar-refractivity contribution in [2.24, 2.45) is 5.92 Å². The van der Waals surface area contributed by atoms with E-state index in [2.05, 4.69) is 36.6 Å². The summed E-state index contributed by atoms with van der Waals surface area (Å²) in [7, 11) is 1.93. The Morgan fingerprint density at radius 1 is 1.24 bits per heavy atom. The number of nitrogens with one attached hydrogen (secondary N) is 2. The first-order valence-corrected chi connectivity index (χ1v) is 7.58. The van der Waals surface area contributed by atoms with Crippen molar-refractivity contribution in [3.05, 3.63) is 28.8 Å². The first-order valence-electron chi connectivity index (χ1n) is 7.58. The number of amides is 1. The highest BCUT2D eigenvalue weighted by Crippen LogP contribution is 2.24. The first-order chi connectivity index (χ1) is 9.93. The number of rotatable bonds is 8. The summed E-state index contributed by atoms with van der Waals surface area (Å²) in [5.41, 5.74) is 3.35. The highest BCUT2D eigenvalue weighted by atomic mass is 16.5. The molecule has 0 fully saturated rings. The molecule has 0 atom stereocenters. The maximum absolute atomic E-state index is 11.7. The molecule has 0 heterocycles. The molecule has 0 radical (unpaired) electrons. The predicted octanol–water partition coefficient (Wildman–Crippen LogP) is 2.56. The Labute approximate surface area is 128 Å². The molecule has 0 aliphatic rings. The molecular formula is C17H28N2O2. The molecule has 0 unspecified atom stereocenters. The number of hydrogen-bond donors (Lipinski definition) is 2. The smallest absolute Gasteiger partial charge is 0.257 e. The van der Waals surface area contributed by atoms with Gasteiger partial charge in [0.2, 0.25) is 0 Å². The van der Waals surface area contributed by atoms with Crippen LogP contribution in [0.5, 0.6) is 5.75 Å². The quantitative estimate of drug-likeness (QED) is 0.774. The van der Waals surface area contributed by atoms with E-state index < -0.39 is 0 Å². The summed E-state index contributed by atoms with van der Waals surface area (Å²) >= 11 is 0. The Balaban J connectivity index is 2.53. The van der Waals surface area contributed by atoms with Gasteiger partial charge in [-0.05, 0) is 49.9 Å². The van der Waals surface area contributed by atoms with Gasteiger partial charge in [-0.1, -0.05) is 26.0 Å². The van der Waals surface area contributed by atoms with E-state index in [4.69, 9.17) is 4.74 Å². The molecule has 0 saturated heterocycles. The van der Waals surface area contributed by atoms with E-state index in [0.717, 1.165) is 29.8 Å². The molecule has 0 aromatic heterocycles. The average Bonchev–Trinajstić information content (AvgIpc) is 2.37. The first kappa shape index (κ1) is 17.5. The molecule has 1 rings (SSSR count). The van der Waals surface area contributed by atoms with E-state index in [1.165, 1.54) is 5.56 Å². The van der Waals surface area contributed by atoms with Crippen LogP contribution in [0.1, 0.15) is 37.0 Å². The maximum atomic E-state index is 11.7. The normalized spacial score (nSPS) is 10.8. The van der Waals surface area contributed by atoms with Crippen molar-refractivity contribution >= 4 is 5.91 Å². The third-order valence-corrected chi connectivity index (χ3v) is 3.29. The molecular weight excluding hydrogens is 264 g/mol. The van der Waals surface area contributed by atoms with Gasteiger partial charge in [-0.25, -0.2) is 0 Å².